The molecule has 0 amide bonds. The Labute approximate surface area is 124 Å². The lowest BCUT2D eigenvalue weighted by atomic mass is 10.2. The molecule has 0 unspecified atom stereocenters. The van der Waals surface area contributed by atoms with E-state index in [4.69, 9.17) is 14.2 Å². The average Bonchev–Trinajstić information content (AvgIpc) is 2.50. The molecule has 0 saturated heterocycles. The van der Waals surface area contributed by atoms with E-state index in [9.17, 15) is 9.59 Å². The van der Waals surface area contributed by atoms with E-state index in [2.05, 4.69) is 6.58 Å². The highest BCUT2D eigenvalue weighted by Gasteiger charge is 2.04. The Kier molecular flexibility index (Phi) is 8.36. The highest BCUT2D eigenvalue weighted by molar-refractivity contribution is 5.81. The van der Waals surface area contributed by atoms with Crippen molar-refractivity contribution < 1.29 is 23.8 Å². The van der Waals surface area contributed by atoms with Crippen LogP contribution in [0.5, 0.6) is 5.75 Å². The number of esters is 1. The first kappa shape index (κ1) is 16.8. The standard InChI is InChI=1S/C16H20O5/c1-2-15(17)19-12-8-3-4-9-13-20-16(18)21-14-10-6-5-7-11-14/h2,5-7,10-11H,1,3-4,8-9,12-13H2. The van der Waals surface area contributed by atoms with E-state index in [-0.39, 0.29) is 0 Å². The number of benzene rings is 1. The molecule has 0 fully saturated rings. The maximum absolute atomic E-state index is 11.3. The Balaban J connectivity index is 1.95. The first-order valence-corrected chi connectivity index (χ1v) is 6.91. The van der Waals surface area contributed by atoms with Gasteiger partial charge in [0, 0.05) is 6.08 Å². The van der Waals surface area contributed by atoms with Crippen molar-refractivity contribution in [3.63, 3.8) is 0 Å². The highest BCUT2D eigenvalue weighted by atomic mass is 16.7. The zero-order valence-electron chi connectivity index (χ0n) is 12.0. The predicted molar refractivity (Wildman–Crippen MR) is 78.0 cm³/mol. The maximum atomic E-state index is 11.3. The van der Waals surface area contributed by atoms with Crippen molar-refractivity contribution in [3.8, 4) is 5.75 Å². The molecule has 0 aliphatic heterocycles. The van der Waals surface area contributed by atoms with Gasteiger partial charge >= 0.3 is 12.1 Å². The van der Waals surface area contributed by atoms with Gasteiger partial charge in [0.2, 0.25) is 0 Å². The van der Waals surface area contributed by atoms with Gasteiger partial charge in [-0.1, -0.05) is 24.8 Å². The zero-order valence-corrected chi connectivity index (χ0v) is 12.0. The number of carbonyl (C=O) groups excluding carboxylic acids is 2. The normalized spacial score (nSPS) is 9.71. The van der Waals surface area contributed by atoms with E-state index in [0.717, 1.165) is 31.8 Å². The summed E-state index contributed by atoms with van der Waals surface area (Å²) in [5, 5.41) is 0. The summed E-state index contributed by atoms with van der Waals surface area (Å²) < 4.78 is 14.8. The van der Waals surface area contributed by atoms with Crippen LogP contribution in [0.3, 0.4) is 0 Å². The smallest absolute Gasteiger partial charge is 0.463 e. The lowest BCUT2D eigenvalue weighted by Crippen LogP contribution is -2.11. The van der Waals surface area contributed by atoms with Crippen LogP contribution in [0.15, 0.2) is 43.0 Å². The summed E-state index contributed by atoms with van der Waals surface area (Å²) in [6.45, 7) is 4.02. The topological polar surface area (TPSA) is 61.8 Å². The molecule has 0 spiro atoms. The lowest BCUT2D eigenvalue weighted by molar-refractivity contribution is -0.137. The minimum absolute atomic E-state index is 0.318. The first-order valence-electron chi connectivity index (χ1n) is 6.91. The van der Waals surface area contributed by atoms with Gasteiger partial charge in [0.25, 0.3) is 0 Å². The van der Waals surface area contributed by atoms with Crippen molar-refractivity contribution >= 4 is 12.1 Å². The Morgan fingerprint density at radius 3 is 2.19 bits per heavy atom. The predicted octanol–water partition coefficient (Wildman–Crippen LogP) is 3.49. The SMILES string of the molecule is C=CC(=O)OCCCCCCOC(=O)Oc1ccccc1. The minimum atomic E-state index is -0.693. The number of para-hydroxylation sites is 1. The van der Waals surface area contributed by atoms with Gasteiger partial charge in [-0.2, -0.15) is 0 Å². The third kappa shape index (κ3) is 8.47. The monoisotopic (exact) mass is 292 g/mol. The van der Waals surface area contributed by atoms with E-state index < -0.39 is 12.1 Å². The van der Waals surface area contributed by atoms with Crippen molar-refractivity contribution in [2.24, 2.45) is 0 Å². The number of hydrogen-bond acceptors (Lipinski definition) is 5. The molecule has 21 heavy (non-hydrogen) atoms. The molecule has 1 aromatic rings. The maximum Gasteiger partial charge on any atom is 0.513 e. The second-order valence-corrected chi connectivity index (χ2v) is 4.30. The van der Waals surface area contributed by atoms with Gasteiger partial charge in [-0.3, -0.25) is 0 Å². The quantitative estimate of drug-likeness (QED) is 0.302. The molecular formula is C16H20O5. The lowest BCUT2D eigenvalue weighted by Gasteiger charge is -2.06. The largest absolute Gasteiger partial charge is 0.513 e. The molecule has 1 aromatic carbocycles. The van der Waals surface area contributed by atoms with Crippen LogP contribution >= 0.6 is 0 Å². The first-order chi connectivity index (χ1) is 10.2. The van der Waals surface area contributed by atoms with Crippen molar-refractivity contribution in [1.82, 2.24) is 0 Å². The molecular weight excluding hydrogens is 272 g/mol. The van der Waals surface area contributed by atoms with E-state index in [1.807, 2.05) is 6.07 Å². The molecule has 1 rings (SSSR count). The van der Waals surface area contributed by atoms with Gasteiger partial charge < -0.3 is 14.2 Å². The van der Waals surface area contributed by atoms with E-state index in [1.165, 1.54) is 0 Å². The van der Waals surface area contributed by atoms with Gasteiger partial charge in [0.05, 0.1) is 13.2 Å². The Hall–Kier alpha value is -2.30. The van der Waals surface area contributed by atoms with Crippen LogP contribution in [-0.2, 0) is 14.3 Å². The van der Waals surface area contributed by atoms with Gasteiger partial charge in [0.15, 0.2) is 0 Å². The molecule has 0 aliphatic rings. The fraction of sp³-hybridized carbons (Fsp3) is 0.375. The number of ether oxygens (including phenoxy) is 3. The highest BCUT2D eigenvalue weighted by Crippen LogP contribution is 2.09. The van der Waals surface area contributed by atoms with E-state index >= 15 is 0 Å². The van der Waals surface area contributed by atoms with E-state index in [0.29, 0.717) is 19.0 Å². The molecule has 114 valence electrons. The van der Waals surface area contributed by atoms with Crippen molar-refractivity contribution in [3.05, 3.63) is 43.0 Å². The zero-order chi connectivity index (χ0) is 15.3. The molecule has 0 bridgehead atoms. The second kappa shape index (κ2) is 10.5. The Bertz CT molecular complexity index is 441. The second-order valence-electron chi connectivity index (χ2n) is 4.30. The third-order valence-electron chi connectivity index (χ3n) is 2.61. The van der Waals surface area contributed by atoms with Crippen LogP contribution in [0.25, 0.3) is 0 Å². The van der Waals surface area contributed by atoms with Gasteiger partial charge in [-0.15, -0.1) is 0 Å². The number of hydrogen-bond donors (Lipinski definition) is 0. The molecule has 0 N–H and O–H groups in total. The van der Waals surface area contributed by atoms with Crippen molar-refractivity contribution in [2.75, 3.05) is 13.2 Å². The van der Waals surface area contributed by atoms with E-state index in [1.54, 1.807) is 24.3 Å². The fourth-order valence-electron chi connectivity index (χ4n) is 1.56. The van der Waals surface area contributed by atoms with Gasteiger partial charge in [-0.05, 0) is 37.8 Å². The molecule has 5 nitrogen and oxygen atoms in total. The Morgan fingerprint density at radius 1 is 0.952 bits per heavy atom. The summed E-state index contributed by atoms with van der Waals surface area (Å²) in [5.74, 6) is 0.0634. The summed E-state index contributed by atoms with van der Waals surface area (Å²) >= 11 is 0. The van der Waals surface area contributed by atoms with Crippen LogP contribution in [0.2, 0.25) is 0 Å². The average molecular weight is 292 g/mol. The summed E-state index contributed by atoms with van der Waals surface area (Å²) in [4.78, 5) is 22.1. The molecule has 0 aromatic heterocycles. The third-order valence-corrected chi connectivity index (χ3v) is 2.61. The van der Waals surface area contributed by atoms with Crippen LogP contribution in [0.4, 0.5) is 4.79 Å². The van der Waals surface area contributed by atoms with Gasteiger partial charge in [0.1, 0.15) is 5.75 Å². The number of carbonyl (C=O) groups is 2. The number of rotatable bonds is 9. The van der Waals surface area contributed by atoms with Crippen LogP contribution in [-0.4, -0.2) is 25.3 Å². The van der Waals surface area contributed by atoms with Crippen LogP contribution < -0.4 is 4.74 Å². The number of unbranched alkanes of at least 4 members (excludes halogenated alkanes) is 3. The summed E-state index contributed by atoms with van der Waals surface area (Å²) in [5.41, 5.74) is 0. The molecule has 0 aliphatic carbocycles. The van der Waals surface area contributed by atoms with Crippen LogP contribution in [0, 0.1) is 0 Å². The molecule has 0 heterocycles. The van der Waals surface area contributed by atoms with Crippen molar-refractivity contribution in [2.45, 2.75) is 25.7 Å². The molecule has 0 radical (unpaired) electrons. The minimum Gasteiger partial charge on any atom is -0.463 e. The molecule has 0 saturated carbocycles. The van der Waals surface area contributed by atoms with Gasteiger partial charge in [-0.25, -0.2) is 9.59 Å². The fourth-order valence-corrected chi connectivity index (χ4v) is 1.56. The summed E-state index contributed by atoms with van der Waals surface area (Å²) in [6, 6.07) is 8.77. The Morgan fingerprint density at radius 2 is 1.57 bits per heavy atom. The molecule has 0 atom stereocenters. The molecule has 5 heteroatoms. The van der Waals surface area contributed by atoms with Crippen LogP contribution in [0.1, 0.15) is 25.7 Å². The summed E-state index contributed by atoms with van der Waals surface area (Å²) in [7, 11) is 0. The summed E-state index contributed by atoms with van der Waals surface area (Å²) in [6.07, 6.45) is 3.78. The van der Waals surface area contributed by atoms with Crippen molar-refractivity contribution in [1.29, 1.82) is 0 Å².